The van der Waals surface area contributed by atoms with Crippen molar-refractivity contribution < 1.29 is 9.59 Å². The highest BCUT2D eigenvalue weighted by molar-refractivity contribution is 5.85. The second kappa shape index (κ2) is 7.07. The van der Waals surface area contributed by atoms with Gasteiger partial charge in [0.25, 0.3) is 0 Å². The normalized spacial score (nSPS) is 15.4. The lowest BCUT2D eigenvalue weighted by molar-refractivity contribution is -0.126. The molecule has 2 unspecified atom stereocenters. The van der Waals surface area contributed by atoms with Crippen LogP contribution in [0, 0.1) is 0 Å². The van der Waals surface area contributed by atoms with E-state index in [0.717, 1.165) is 6.42 Å². The predicted molar refractivity (Wildman–Crippen MR) is 82.5 cm³/mol. The predicted octanol–water partition coefficient (Wildman–Crippen LogP) is 1.57. The summed E-state index contributed by atoms with van der Waals surface area (Å²) in [5.41, 5.74) is -0.507. The van der Waals surface area contributed by atoms with Crippen molar-refractivity contribution in [1.82, 2.24) is 16.0 Å². The number of amides is 2. The molecule has 20 heavy (non-hydrogen) atoms. The minimum absolute atomic E-state index is 0.0905. The molecule has 0 bridgehead atoms. The molecule has 5 heteroatoms. The van der Waals surface area contributed by atoms with Crippen LogP contribution in [0.4, 0.5) is 0 Å². The summed E-state index contributed by atoms with van der Waals surface area (Å²) in [6.45, 7) is 15.3. The van der Waals surface area contributed by atoms with Crippen molar-refractivity contribution in [3.05, 3.63) is 0 Å². The van der Waals surface area contributed by atoms with E-state index in [1.165, 1.54) is 0 Å². The van der Waals surface area contributed by atoms with Gasteiger partial charge in [0.15, 0.2) is 0 Å². The van der Waals surface area contributed by atoms with Gasteiger partial charge in [-0.3, -0.25) is 14.9 Å². The lowest BCUT2D eigenvalue weighted by atomic mass is 10.0. The zero-order chi connectivity index (χ0) is 16.1. The molecule has 0 rings (SSSR count). The first kappa shape index (κ1) is 18.9. The van der Waals surface area contributed by atoms with Crippen LogP contribution in [0.2, 0.25) is 0 Å². The van der Waals surface area contributed by atoms with E-state index in [2.05, 4.69) is 16.0 Å². The third kappa shape index (κ3) is 7.48. The second-order valence-corrected chi connectivity index (χ2v) is 7.08. The van der Waals surface area contributed by atoms with Gasteiger partial charge in [-0.15, -0.1) is 0 Å². The summed E-state index contributed by atoms with van der Waals surface area (Å²) in [6.07, 6.45) is 0.853. The average Bonchev–Trinajstić information content (AvgIpc) is 2.25. The molecular formula is C15H31N3O2. The molecule has 0 saturated heterocycles. The van der Waals surface area contributed by atoms with E-state index in [4.69, 9.17) is 0 Å². The lowest BCUT2D eigenvalue weighted by Gasteiger charge is -2.28. The summed E-state index contributed by atoms with van der Waals surface area (Å²) < 4.78 is 0. The van der Waals surface area contributed by atoms with Crippen LogP contribution in [0.3, 0.4) is 0 Å². The van der Waals surface area contributed by atoms with Crippen molar-refractivity contribution >= 4 is 11.8 Å². The Kier molecular flexibility index (Phi) is 6.68. The number of nitrogens with one attached hydrogen (secondary N) is 3. The van der Waals surface area contributed by atoms with Crippen LogP contribution < -0.4 is 16.0 Å². The van der Waals surface area contributed by atoms with Gasteiger partial charge in [0.1, 0.15) is 0 Å². The molecule has 2 atom stereocenters. The van der Waals surface area contributed by atoms with E-state index < -0.39 is 12.1 Å². The molecule has 0 spiro atoms. The molecule has 0 saturated carbocycles. The fourth-order valence-corrected chi connectivity index (χ4v) is 1.53. The Morgan fingerprint density at radius 1 is 0.900 bits per heavy atom. The summed E-state index contributed by atoms with van der Waals surface area (Å²) in [4.78, 5) is 24.0. The quantitative estimate of drug-likeness (QED) is 0.694. The monoisotopic (exact) mass is 285 g/mol. The summed E-state index contributed by atoms with van der Waals surface area (Å²) in [6, 6.07) is -0.832. The van der Waals surface area contributed by atoms with Crippen LogP contribution in [0.5, 0.6) is 0 Å². The first-order chi connectivity index (χ1) is 8.88. The van der Waals surface area contributed by atoms with Crippen molar-refractivity contribution in [2.75, 3.05) is 0 Å². The molecule has 0 aromatic rings. The number of hydrogen-bond donors (Lipinski definition) is 3. The van der Waals surface area contributed by atoms with Crippen LogP contribution in [0.25, 0.3) is 0 Å². The number of carbonyl (C=O) groups is 2. The van der Waals surface area contributed by atoms with Crippen LogP contribution in [0.15, 0.2) is 0 Å². The van der Waals surface area contributed by atoms with E-state index in [1.54, 1.807) is 13.8 Å². The molecular weight excluding hydrogens is 254 g/mol. The molecule has 0 heterocycles. The third-order valence-electron chi connectivity index (χ3n) is 3.13. The molecule has 0 aliphatic carbocycles. The van der Waals surface area contributed by atoms with E-state index in [9.17, 15) is 9.59 Å². The van der Waals surface area contributed by atoms with E-state index >= 15 is 0 Å². The van der Waals surface area contributed by atoms with E-state index in [1.807, 2.05) is 41.5 Å². The molecule has 0 aliphatic rings. The largest absolute Gasteiger partial charge is 0.350 e. The van der Waals surface area contributed by atoms with Gasteiger partial charge >= 0.3 is 0 Å². The number of hydrogen-bond acceptors (Lipinski definition) is 3. The molecule has 118 valence electrons. The molecule has 0 aromatic heterocycles. The highest BCUT2D eigenvalue weighted by Crippen LogP contribution is 2.07. The van der Waals surface area contributed by atoms with Crippen molar-refractivity contribution in [3.63, 3.8) is 0 Å². The molecule has 0 fully saturated rings. The summed E-state index contributed by atoms with van der Waals surface area (Å²) in [5.74, 6) is -0.195. The van der Waals surface area contributed by atoms with Crippen LogP contribution in [-0.4, -0.2) is 35.0 Å². The lowest BCUT2D eigenvalue weighted by Crippen LogP contribution is -2.56. The first-order valence-corrected chi connectivity index (χ1v) is 7.28. The highest BCUT2D eigenvalue weighted by Gasteiger charge is 2.25. The van der Waals surface area contributed by atoms with Crippen molar-refractivity contribution in [1.29, 1.82) is 0 Å². The van der Waals surface area contributed by atoms with Crippen molar-refractivity contribution in [2.45, 2.75) is 85.0 Å². The van der Waals surface area contributed by atoms with Gasteiger partial charge in [-0.1, -0.05) is 6.92 Å². The Morgan fingerprint density at radius 3 is 1.65 bits per heavy atom. The van der Waals surface area contributed by atoms with Crippen molar-refractivity contribution in [2.24, 2.45) is 0 Å². The number of carbonyl (C=O) groups excluding carboxylic acids is 2. The number of rotatable bonds is 6. The van der Waals surface area contributed by atoms with E-state index in [-0.39, 0.29) is 22.9 Å². The smallest absolute Gasteiger partial charge is 0.237 e. The Labute approximate surface area is 123 Å². The maximum Gasteiger partial charge on any atom is 0.237 e. The van der Waals surface area contributed by atoms with Gasteiger partial charge in [-0.25, -0.2) is 0 Å². The second-order valence-electron chi connectivity index (χ2n) is 7.08. The fraction of sp³-hybridized carbons (Fsp3) is 0.867. The topological polar surface area (TPSA) is 70.2 Å². The zero-order valence-corrected chi connectivity index (χ0v) is 14.2. The summed E-state index contributed by atoms with van der Waals surface area (Å²) in [5, 5.41) is 8.88. The van der Waals surface area contributed by atoms with Crippen molar-refractivity contribution in [3.8, 4) is 0 Å². The summed E-state index contributed by atoms with van der Waals surface area (Å²) in [7, 11) is 0. The van der Waals surface area contributed by atoms with Gasteiger partial charge in [0, 0.05) is 11.1 Å². The highest BCUT2D eigenvalue weighted by atomic mass is 16.2. The molecule has 0 aliphatic heterocycles. The van der Waals surface area contributed by atoms with Crippen LogP contribution in [0.1, 0.15) is 61.8 Å². The fourth-order valence-electron chi connectivity index (χ4n) is 1.53. The van der Waals surface area contributed by atoms with Gasteiger partial charge in [-0.2, -0.15) is 0 Å². The van der Waals surface area contributed by atoms with Gasteiger partial charge in [0.2, 0.25) is 11.8 Å². The third-order valence-corrected chi connectivity index (χ3v) is 3.13. The Balaban J connectivity index is 4.42. The standard InChI is InChI=1S/C15H31N3O2/c1-9-15(7,8)18-13(20)11(3)16-10(2)12(19)17-14(4,5)6/h10-11,16H,9H2,1-8H3,(H,17,19)(H,18,20). The Hall–Kier alpha value is -1.10. The SMILES string of the molecule is CCC(C)(C)NC(=O)C(C)NC(C)C(=O)NC(C)(C)C. The molecule has 0 radical (unpaired) electrons. The molecule has 5 nitrogen and oxygen atoms in total. The van der Waals surface area contributed by atoms with Gasteiger partial charge < -0.3 is 10.6 Å². The Morgan fingerprint density at radius 2 is 1.30 bits per heavy atom. The summed E-state index contributed by atoms with van der Waals surface area (Å²) >= 11 is 0. The van der Waals surface area contributed by atoms with Crippen LogP contribution in [-0.2, 0) is 9.59 Å². The van der Waals surface area contributed by atoms with Crippen LogP contribution >= 0.6 is 0 Å². The van der Waals surface area contributed by atoms with Gasteiger partial charge in [0.05, 0.1) is 12.1 Å². The maximum atomic E-state index is 12.1. The van der Waals surface area contributed by atoms with E-state index in [0.29, 0.717) is 0 Å². The minimum Gasteiger partial charge on any atom is -0.350 e. The zero-order valence-electron chi connectivity index (χ0n) is 14.2. The first-order valence-electron chi connectivity index (χ1n) is 7.28. The molecule has 3 N–H and O–H groups in total. The maximum absolute atomic E-state index is 12.1. The molecule has 2 amide bonds. The Bertz CT molecular complexity index is 346. The minimum atomic E-state index is -0.417. The molecule has 0 aromatic carbocycles. The van der Waals surface area contributed by atoms with Gasteiger partial charge in [-0.05, 0) is 54.9 Å². The average molecular weight is 285 g/mol.